The molecule has 0 N–H and O–H groups in total. The number of hydrogen-bond acceptors (Lipinski definition) is 4. The lowest BCUT2D eigenvalue weighted by molar-refractivity contribution is 0.571. The summed E-state index contributed by atoms with van der Waals surface area (Å²) in [4.78, 5) is 4.54. The predicted octanol–water partition coefficient (Wildman–Crippen LogP) is 6.58. The van der Waals surface area contributed by atoms with E-state index < -0.39 is 0 Å². The quantitative estimate of drug-likeness (QED) is 0.379. The monoisotopic (exact) mass is 376 g/mol. The van der Waals surface area contributed by atoms with Crippen molar-refractivity contribution >= 4 is 44.8 Å². The van der Waals surface area contributed by atoms with E-state index in [1.54, 1.807) is 6.08 Å². The predicted molar refractivity (Wildman–Crippen MR) is 107 cm³/mol. The molecule has 126 valence electrons. The van der Waals surface area contributed by atoms with Crippen molar-refractivity contribution in [3.8, 4) is 17.4 Å². The number of aromatic nitrogens is 1. The van der Waals surface area contributed by atoms with E-state index in [4.69, 9.17) is 16.0 Å². The van der Waals surface area contributed by atoms with Crippen molar-refractivity contribution < 1.29 is 4.42 Å². The number of allylic oxidation sites excluding steroid dienone is 1. The van der Waals surface area contributed by atoms with Gasteiger partial charge in [-0.05, 0) is 42.8 Å². The zero-order valence-corrected chi connectivity index (χ0v) is 15.4. The van der Waals surface area contributed by atoms with Gasteiger partial charge in [-0.3, -0.25) is 0 Å². The molecule has 0 aliphatic rings. The highest BCUT2D eigenvalue weighted by molar-refractivity contribution is 7.19. The van der Waals surface area contributed by atoms with Gasteiger partial charge in [0, 0.05) is 16.7 Å². The molecule has 2 aromatic carbocycles. The largest absolute Gasteiger partial charge is 0.457 e. The highest BCUT2D eigenvalue weighted by atomic mass is 35.5. The molecule has 4 aromatic rings. The molecule has 0 spiro atoms. The van der Waals surface area contributed by atoms with Crippen LogP contribution in [-0.4, -0.2) is 4.98 Å². The summed E-state index contributed by atoms with van der Waals surface area (Å²) in [5, 5.41) is 10.9. The molecule has 0 atom stereocenters. The van der Waals surface area contributed by atoms with Crippen LogP contribution >= 0.6 is 22.9 Å². The minimum absolute atomic E-state index is 0.481. The van der Waals surface area contributed by atoms with E-state index >= 15 is 0 Å². The Morgan fingerprint density at radius 3 is 2.81 bits per heavy atom. The third-order valence-electron chi connectivity index (χ3n) is 4.09. The second-order valence-electron chi connectivity index (χ2n) is 5.77. The summed E-state index contributed by atoms with van der Waals surface area (Å²) in [6.07, 6.45) is 1.72. The van der Waals surface area contributed by atoms with E-state index in [0.29, 0.717) is 21.4 Å². The van der Waals surface area contributed by atoms with Crippen LogP contribution in [0, 0.1) is 18.3 Å². The molecular formula is C21H13ClN2OS. The Morgan fingerprint density at radius 1 is 1.15 bits per heavy atom. The number of thiazole rings is 1. The third kappa shape index (κ3) is 3.03. The first kappa shape index (κ1) is 16.6. The average molecular weight is 377 g/mol. The highest BCUT2D eigenvalue weighted by Crippen LogP contribution is 2.32. The molecule has 2 heterocycles. The maximum Gasteiger partial charge on any atom is 0.135 e. The molecular weight excluding hydrogens is 364 g/mol. The maximum atomic E-state index is 9.56. The van der Waals surface area contributed by atoms with Gasteiger partial charge in [0.2, 0.25) is 0 Å². The van der Waals surface area contributed by atoms with Crippen LogP contribution in [-0.2, 0) is 0 Å². The van der Waals surface area contributed by atoms with Gasteiger partial charge in [0.15, 0.2) is 0 Å². The molecule has 3 nitrogen and oxygen atoms in total. The van der Waals surface area contributed by atoms with Gasteiger partial charge in [-0.25, -0.2) is 4.98 Å². The van der Waals surface area contributed by atoms with Crippen molar-refractivity contribution in [3.63, 3.8) is 0 Å². The minimum atomic E-state index is 0.481. The van der Waals surface area contributed by atoms with Gasteiger partial charge in [0.1, 0.15) is 22.6 Å². The molecule has 0 fully saturated rings. The zero-order valence-electron chi connectivity index (χ0n) is 13.9. The van der Waals surface area contributed by atoms with E-state index in [1.807, 2.05) is 61.5 Å². The van der Waals surface area contributed by atoms with Gasteiger partial charge >= 0.3 is 0 Å². The van der Waals surface area contributed by atoms with Gasteiger partial charge in [-0.15, -0.1) is 11.3 Å². The zero-order chi connectivity index (χ0) is 18.1. The van der Waals surface area contributed by atoms with Crippen LogP contribution in [0.15, 0.2) is 59.0 Å². The molecule has 0 unspecified atom stereocenters. The van der Waals surface area contributed by atoms with Crippen LogP contribution in [0.25, 0.3) is 33.2 Å². The Morgan fingerprint density at radius 2 is 2.00 bits per heavy atom. The molecule has 0 aliphatic heterocycles. The minimum Gasteiger partial charge on any atom is -0.457 e. The van der Waals surface area contributed by atoms with E-state index in [9.17, 15) is 5.26 Å². The number of benzene rings is 2. The molecule has 0 saturated carbocycles. The molecule has 0 amide bonds. The second kappa shape index (κ2) is 6.80. The van der Waals surface area contributed by atoms with Crippen LogP contribution in [0.4, 0.5) is 0 Å². The van der Waals surface area contributed by atoms with Gasteiger partial charge in [0.25, 0.3) is 0 Å². The number of halogens is 1. The molecule has 0 saturated heterocycles. The van der Waals surface area contributed by atoms with Crippen molar-refractivity contribution in [2.75, 3.05) is 0 Å². The summed E-state index contributed by atoms with van der Waals surface area (Å²) in [5.41, 5.74) is 3.28. The Hall–Kier alpha value is -2.87. The van der Waals surface area contributed by atoms with Crippen molar-refractivity contribution in [3.05, 3.63) is 76.0 Å². The third-order valence-corrected chi connectivity index (χ3v) is 5.57. The summed E-state index contributed by atoms with van der Waals surface area (Å²) in [6, 6.07) is 19.5. The number of furan rings is 1. The van der Waals surface area contributed by atoms with Crippen LogP contribution < -0.4 is 0 Å². The van der Waals surface area contributed by atoms with Crippen molar-refractivity contribution in [1.29, 1.82) is 5.26 Å². The van der Waals surface area contributed by atoms with Crippen molar-refractivity contribution in [2.45, 2.75) is 6.92 Å². The standard InChI is InChI=1S/C21H13ClN2OS/c1-13-16(5-4-6-17(13)22)19-10-9-15(25-19)11-14(12-23)21-24-18-7-2-3-8-20(18)26-21/h2-11H,1H3/b14-11-. The molecule has 0 radical (unpaired) electrons. The first-order valence-electron chi connectivity index (χ1n) is 7.99. The van der Waals surface area contributed by atoms with Crippen LogP contribution in [0.3, 0.4) is 0 Å². The van der Waals surface area contributed by atoms with E-state index in [0.717, 1.165) is 27.1 Å². The Bertz CT molecular complexity index is 1150. The Labute approximate surface area is 159 Å². The van der Waals surface area contributed by atoms with Crippen LogP contribution in [0.2, 0.25) is 5.02 Å². The summed E-state index contributed by atoms with van der Waals surface area (Å²) in [5.74, 6) is 1.33. The first-order chi connectivity index (χ1) is 12.7. The highest BCUT2D eigenvalue weighted by Gasteiger charge is 2.12. The van der Waals surface area contributed by atoms with Gasteiger partial charge < -0.3 is 4.42 Å². The van der Waals surface area contributed by atoms with E-state index in [-0.39, 0.29) is 0 Å². The average Bonchev–Trinajstić information content (AvgIpc) is 3.28. The van der Waals surface area contributed by atoms with Crippen LogP contribution in [0.1, 0.15) is 16.3 Å². The van der Waals surface area contributed by atoms with Crippen molar-refractivity contribution in [1.82, 2.24) is 4.98 Å². The van der Waals surface area contributed by atoms with E-state index in [1.165, 1.54) is 11.3 Å². The lowest BCUT2D eigenvalue weighted by Gasteiger charge is -2.03. The fourth-order valence-corrected chi connectivity index (χ4v) is 3.83. The molecule has 4 rings (SSSR count). The maximum absolute atomic E-state index is 9.56. The summed E-state index contributed by atoms with van der Waals surface area (Å²) in [6.45, 7) is 1.96. The number of rotatable bonds is 3. The summed E-state index contributed by atoms with van der Waals surface area (Å²) < 4.78 is 6.98. The SMILES string of the molecule is Cc1c(Cl)cccc1-c1ccc(/C=C(/C#N)c2nc3ccccc3s2)o1. The smallest absolute Gasteiger partial charge is 0.135 e. The number of para-hydroxylation sites is 1. The number of fused-ring (bicyclic) bond motifs is 1. The van der Waals surface area contributed by atoms with Crippen LogP contribution in [0.5, 0.6) is 0 Å². The molecule has 5 heteroatoms. The normalized spacial score (nSPS) is 11.7. The van der Waals surface area contributed by atoms with Gasteiger partial charge in [-0.2, -0.15) is 5.26 Å². The molecule has 26 heavy (non-hydrogen) atoms. The van der Waals surface area contributed by atoms with Gasteiger partial charge in [-0.1, -0.05) is 35.9 Å². The number of nitrogens with zero attached hydrogens (tertiary/aromatic N) is 2. The van der Waals surface area contributed by atoms with E-state index in [2.05, 4.69) is 11.1 Å². The summed E-state index contributed by atoms with van der Waals surface area (Å²) in [7, 11) is 0. The Balaban J connectivity index is 1.72. The first-order valence-corrected chi connectivity index (χ1v) is 9.18. The fourth-order valence-electron chi connectivity index (χ4n) is 2.72. The number of nitriles is 1. The number of hydrogen-bond donors (Lipinski definition) is 0. The molecule has 0 aliphatic carbocycles. The Kier molecular flexibility index (Phi) is 4.34. The molecule has 2 aromatic heterocycles. The second-order valence-corrected chi connectivity index (χ2v) is 7.21. The summed E-state index contributed by atoms with van der Waals surface area (Å²) >= 11 is 7.69. The fraction of sp³-hybridized carbons (Fsp3) is 0.0476. The topological polar surface area (TPSA) is 49.8 Å². The molecule has 0 bridgehead atoms. The van der Waals surface area contributed by atoms with Crippen molar-refractivity contribution in [2.24, 2.45) is 0 Å². The van der Waals surface area contributed by atoms with Gasteiger partial charge in [0.05, 0.1) is 15.8 Å². The lowest BCUT2D eigenvalue weighted by Crippen LogP contribution is -1.82. The lowest BCUT2D eigenvalue weighted by atomic mass is 10.1.